The number of carboxylic acid groups (broad SMARTS) is 1. The molecule has 8 rings (SSSR count). The molecule has 2 aromatic carbocycles. The molecule has 4 aliphatic rings. The predicted molar refractivity (Wildman–Crippen MR) is 143 cm³/mol. The molecule has 2 aliphatic heterocycles. The number of aryl methyl sites for hydroxylation is 1. The van der Waals surface area contributed by atoms with Gasteiger partial charge in [0, 0.05) is 54.6 Å². The molecule has 2 saturated carbocycles. The third-order valence-electron chi connectivity index (χ3n) is 8.17. The van der Waals surface area contributed by atoms with Crippen molar-refractivity contribution in [2.45, 2.75) is 44.3 Å². The lowest BCUT2D eigenvalue weighted by Gasteiger charge is -2.47. The van der Waals surface area contributed by atoms with Gasteiger partial charge in [0.05, 0.1) is 29.2 Å². The summed E-state index contributed by atoms with van der Waals surface area (Å²) in [6.45, 7) is 0.662. The number of hydrogen-bond donors (Lipinski definition) is 1. The van der Waals surface area contributed by atoms with E-state index >= 15 is 4.39 Å². The van der Waals surface area contributed by atoms with Gasteiger partial charge in [-0.15, -0.1) is 13.2 Å². The van der Waals surface area contributed by atoms with Crippen molar-refractivity contribution in [2.75, 3.05) is 11.4 Å². The first-order chi connectivity index (χ1) is 20.1. The van der Waals surface area contributed by atoms with Crippen LogP contribution in [0.3, 0.4) is 0 Å². The first-order valence-electron chi connectivity index (χ1n) is 13.5. The van der Waals surface area contributed by atoms with E-state index in [1.165, 1.54) is 30.5 Å². The van der Waals surface area contributed by atoms with Gasteiger partial charge in [-0.25, -0.2) is 9.18 Å². The number of para-hydroxylation sites is 1. The van der Waals surface area contributed by atoms with Gasteiger partial charge in [0.25, 0.3) is 0 Å². The van der Waals surface area contributed by atoms with Crippen LogP contribution in [0.4, 0.5) is 23.2 Å². The van der Waals surface area contributed by atoms with Crippen LogP contribution in [0.15, 0.2) is 58.9 Å². The highest BCUT2D eigenvalue weighted by atomic mass is 19.4. The first kappa shape index (κ1) is 26.6. The van der Waals surface area contributed by atoms with E-state index < -0.39 is 18.1 Å². The number of carbonyl (C=O) groups is 1. The minimum atomic E-state index is -4.86. The van der Waals surface area contributed by atoms with Crippen LogP contribution in [0, 0.1) is 11.7 Å². The number of carboxylic acids is 1. The molecule has 2 unspecified atom stereocenters. The van der Waals surface area contributed by atoms with Crippen molar-refractivity contribution in [1.29, 1.82) is 0 Å². The zero-order valence-electron chi connectivity index (χ0n) is 22.3. The maximum Gasteiger partial charge on any atom is 0.573 e. The molecule has 4 aromatic rings. The van der Waals surface area contributed by atoms with Gasteiger partial charge in [0.1, 0.15) is 23.0 Å². The number of alkyl halides is 3. The van der Waals surface area contributed by atoms with Crippen LogP contribution in [-0.2, 0) is 18.4 Å². The molecule has 0 radical (unpaired) electrons. The average Bonchev–Trinajstić information content (AvgIpc) is 3.61. The highest BCUT2D eigenvalue weighted by Gasteiger charge is 2.43. The Balaban J connectivity index is 1.13. The summed E-state index contributed by atoms with van der Waals surface area (Å²) in [4.78, 5) is 13.5. The smallest absolute Gasteiger partial charge is 0.478 e. The molecule has 0 spiro atoms. The van der Waals surface area contributed by atoms with E-state index in [1.54, 1.807) is 23.7 Å². The van der Waals surface area contributed by atoms with Crippen LogP contribution in [0.5, 0.6) is 5.75 Å². The van der Waals surface area contributed by atoms with Crippen molar-refractivity contribution in [1.82, 2.24) is 9.72 Å². The topological polar surface area (TPSA) is 90.0 Å². The fourth-order valence-corrected chi connectivity index (χ4v) is 6.05. The Morgan fingerprint density at radius 1 is 1.21 bits per heavy atom. The lowest BCUT2D eigenvalue weighted by molar-refractivity contribution is -0.274. The van der Waals surface area contributed by atoms with Gasteiger partial charge in [0.15, 0.2) is 0 Å². The number of anilines is 1. The molecule has 2 fully saturated rings. The van der Waals surface area contributed by atoms with Crippen molar-refractivity contribution in [3.63, 3.8) is 0 Å². The minimum Gasteiger partial charge on any atom is -0.478 e. The molecule has 1 N–H and O–H groups in total. The molecule has 4 heterocycles. The number of halogens is 4. The van der Waals surface area contributed by atoms with Gasteiger partial charge >= 0.3 is 12.3 Å². The van der Waals surface area contributed by atoms with E-state index in [0.717, 1.165) is 24.8 Å². The van der Waals surface area contributed by atoms with E-state index in [0.29, 0.717) is 29.1 Å². The van der Waals surface area contributed by atoms with Crippen molar-refractivity contribution >= 4 is 22.6 Å². The summed E-state index contributed by atoms with van der Waals surface area (Å²) in [5.41, 5.74) is 3.07. The molecule has 0 amide bonds. The Hall–Kier alpha value is -4.32. The quantitative estimate of drug-likeness (QED) is 0.229. The molecular formula is C30H25F4N3O5. The van der Waals surface area contributed by atoms with Crippen LogP contribution < -0.4 is 9.64 Å². The Kier molecular flexibility index (Phi) is 6.08. The number of aromatic nitrogens is 2. The van der Waals surface area contributed by atoms with Gasteiger partial charge in [-0.05, 0) is 49.1 Å². The second-order valence-corrected chi connectivity index (χ2v) is 11.0. The van der Waals surface area contributed by atoms with Gasteiger partial charge < -0.3 is 28.6 Å². The average molecular weight is 584 g/mol. The third-order valence-corrected chi connectivity index (χ3v) is 8.17. The molecular weight excluding hydrogens is 558 g/mol. The van der Waals surface area contributed by atoms with Crippen molar-refractivity contribution in [3.05, 3.63) is 77.1 Å². The van der Waals surface area contributed by atoms with E-state index in [9.17, 15) is 23.1 Å². The molecule has 8 nitrogen and oxygen atoms in total. The SMILES string of the molecule is Cn1cc(C(=O)O)c2c(F)cc(N3C=C4CC(C3)C4OCc3c(-c4ccccc4OC(F)(F)F)noc3C3CC3)cc21. The lowest BCUT2D eigenvalue weighted by Crippen LogP contribution is -2.48. The Bertz CT molecular complexity index is 1750. The Labute approximate surface area is 236 Å². The van der Waals surface area contributed by atoms with Crippen molar-refractivity contribution in [3.8, 4) is 17.0 Å². The third kappa shape index (κ3) is 4.59. The van der Waals surface area contributed by atoms with E-state index in [1.807, 2.05) is 11.1 Å². The maximum absolute atomic E-state index is 15.1. The van der Waals surface area contributed by atoms with Gasteiger partial charge in [-0.2, -0.15) is 0 Å². The summed E-state index contributed by atoms with van der Waals surface area (Å²) in [6.07, 6.45) is 0.889. The molecule has 0 saturated heterocycles. The van der Waals surface area contributed by atoms with E-state index in [2.05, 4.69) is 9.89 Å². The molecule has 2 atom stereocenters. The normalized spacial score (nSPS) is 20.0. The molecule has 12 heteroatoms. The Morgan fingerprint density at radius 2 is 2.00 bits per heavy atom. The number of ether oxygens (including phenoxy) is 2. The van der Waals surface area contributed by atoms with Crippen LogP contribution >= 0.6 is 0 Å². The molecule has 2 aliphatic carbocycles. The number of fused-ring (bicyclic) bond motifs is 3. The predicted octanol–water partition coefficient (Wildman–Crippen LogP) is 6.76. The second kappa shape index (κ2) is 9.62. The molecule has 218 valence electrons. The van der Waals surface area contributed by atoms with Gasteiger partial charge in [-0.1, -0.05) is 17.3 Å². The fourth-order valence-electron chi connectivity index (χ4n) is 6.05. The lowest BCUT2D eigenvalue weighted by atomic mass is 9.74. The number of aromatic carboxylic acids is 1. The summed E-state index contributed by atoms with van der Waals surface area (Å²) >= 11 is 0. The summed E-state index contributed by atoms with van der Waals surface area (Å²) in [7, 11) is 1.68. The minimum absolute atomic E-state index is 0.0722. The number of nitrogens with zero attached hydrogens (tertiary/aromatic N) is 3. The summed E-state index contributed by atoms with van der Waals surface area (Å²) in [5.74, 6) is -1.27. The van der Waals surface area contributed by atoms with E-state index in [-0.39, 0.29) is 52.5 Å². The van der Waals surface area contributed by atoms with Crippen LogP contribution in [0.25, 0.3) is 22.2 Å². The Morgan fingerprint density at radius 3 is 2.69 bits per heavy atom. The fraction of sp³-hybridized carbons (Fsp3) is 0.333. The first-order valence-corrected chi connectivity index (χ1v) is 13.5. The number of rotatable bonds is 8. The van der Waals surface area contributed by atoms with Crippen molar-refractivity contribution in [2.24, 2.45) is 13.0 Å². The van der Waals surface area contributed by atoms with Crippen LogP contribution in [0.1, 0.15) is 46.9 Å². The van der Waals surface area contributed by atoms with Crippen molar-refractivity contribution < 1.29 is 41.5 Å². The van der Waals surface area contributed by atoms with Crippen LogP contribution in [-0.4, -0.2) is 39.8 Å². The van der Waals surface area contributed by atoms with Crippen LogP contribution in [0.2, 0.25) is 0 Å². The maximum atomic E-state index is 15.1. The largest absolute Gasteiger partial charge is 0.573 e. The highest BCUT2D eigenvalue weighted by molar-refractivity contribution is 6.04. The number of hydrogen-bond acceptors (Lipinski definition) is 6. The zero-order valence-corrected chi connectivity index (χ0v) is 22.3. The standard InChI is InChI=1S/C30H25F4N3O5/c1-36-13-20(29(38)39)25-22(31)9-18(10-23(25)36)37-11-16-8-17(12-37)27(16)40-14-21-26(35-42-28(21)15-6-7-15)19-4-2-3-5-24(19)41-30(32,33)34/h2-5,9-11,13,15,17,27H,6-8,12,14H2,1H3,(H,38,39). The number of benzene rings is 2. The van der Waals surface area contributed by atoms with E-state index in [4.69, 9.17) is 9.26 Å². The van der Waals surface area contributed by atoms with Gasteiger partial charge in [-0.3, -0.25) is 0 Å². The summed E-state index contributed by atoms with van der Waals surface area (Å²) in [5, 5.41) is 13.7. The zero-order chi connectivity index (χ0) is 29.3. The molecule has 2 aromatic heterocycles. The summed E-state index contributed by atoms with van der Waals surface area (Å²) < 4.78 is 72.1. The monoisotopic (exact) mass is 583 g/mol. The molecule has 42 heavy (non-hydrogen) atoms. The second-order valence-electron chi connectivity index (χ2n) is 11.0. The summed E-state index contributed by atoms with van der Waals surface area (Å²) in [6, 6.07) is 8.95. The van der Waals surface area contributed by atoms with Gasteiger partial charge in [0.2, 0.25) is 0 Å². The highest BCUT2D eigenvalue weighted by Crippen LogP contribution is 2.47. The molecule has 2 bridgehead atoms.